The van der Waals surface area contributed by atoms with Crippen LogP contribution in [0.15, 0.2) is 0 Å². The van der Waals surface area contributed by atoms with E-state index in [0.29, 0.717) is 31.0 Å². The number of likely N-dealkylation sites (tertiary alicyclic amines) is 1. The summed E-state index contributed by atoms with van der Waals surface area (Å²) in [4.78, 5) is 1.51. The zero-order valence-electron chi connectivity index (χ0n) is 11.4. The molecule has 6 heteroatoms. The van der Waals surface area contributed by atoms with E-state index in [9.17, 15) is 13.2 Å². The molecule has 1 N–H and O–H groups in total. The smallest absolute Gasteiger partial charge is 0.381 e. The van der Waals surface area contributed by atoms with E-state index in [-0.39, 0.29) is 0 Å². The average Bonchev–Trinajstić information content (AvgIpc) is 2.94. The van der Waals surface area contributed by atoms with E-state index in [2.05, 4.69) is 12.2 Å². The number of halogens is 3. The zero-order valence-corrected chi connectivity index (χ0v) is 11.4. The summed E-state index contributed by atoms with van der Waals surface area (Å²) in [5.74, 6) is 0.889. The molecule has 112 valence electrons. The number of nitrogens with one attached hydrogen (secondary N) is 1. The fourth-order valence-corrected chi connectivity index (χ4v) is 2.94. The standard InChI is InChI=1S/C13H23F3N2O/c1-10(12-3-5-19-8-12)17-6-11-2-4-18(7-11)9-13(14,15)16/h10-12,17H,2-9H2,1H3. The normalized spacial score (nSPS) is 30.9. The minimum Gasteiger partial charge on any atom is -0.381 e. The van der Waals surface area contributed by atoms with Gasteiger partial charge in [-0.1, -0.05) is 0 Å². The SMILES string of the molecule is CC(NCC1CCN(CC(F)(F)F)C1)C1CCOC1. The summed E-state index contributed by atoms with van der Waals surface area (Å²) >= 11 is 0. The second kappa shape index (κ2) is 6.41. The highest BCUT2D eigenvalue weighted by Crippen LogP contribution is 2.23. The van der Waals surface area contributed by atoms with Crippen LogP contribution < -0.4 is 5.32 Å². The first-order chi connectivity index (χ1) is 8.94. The molecule has 3 nitrogen and oxygen atoms in total. The topological polar surface area (TPSA) is 24.5 Å². The number of alkyl halides is 3. The van der Waals surface area contributed by atoms with Gasteiger partial charge in [0.2, 0.25) is 0 Å². The van der Waals surface area contributed by atoms with E-state index in [1.54, 1.807) is 0 Å². The van der Waals surface area contributed by atoms with Crippen LogP contribution in [0.5, 0.6) is 0 Å². The summed E-state index contributed by atoms with van der Waals surface area (Å²) < 4.78 is 42.2. The Kier molecular flexibility index (Phi) is 5.09. The van der Waals surface area contributed by atoms with Crippen LogP contribution in [0, 0.1) is 11.8 Å². The molecule has 3 unspecified atom stereocenters. The van der Waals surface area contributed by atoms with Crippen LogP contribution in [-0.2, 0) is 4.74 Å². The lowest BCUT2D eigenvalue weighted by atomic mass is 10.00. The van der Waals surface area contributed by atoms with Crippen LogP contribution in [0.25, 0.3) is 0 Å². The Bertz CT molecular complexity index is 280. The number of hydrogen-bond acceptors (Lipinski definition) is 3. The molecule has 0 saturated carbocycles. The minimum atomic E-state index is -4.07. The first-order valence-electron chi connectivity index (χ1n) is 7.04. The third-order valence-corrected chi connectivity index (χ3v) is 4.17. The van der Waals surface area contributed by atoms with Gasteiger partial charge < -0.3 is 10.1 Å². The molecule has 0 aromatic carbocycles. The van der Waals surface area contributed by atoms with E-state index in [0.717, 1.165) is 32.6 Å². The van der Waals surface area contributed by atoms with Gasteiger partial charge in [0.1, 0.15) is 0 Å². The summed E-state index contributed by atoms with van der Waals surface area (Å²) in [6, 6.07) is 0.388. The van der Waals surface area contributed by atoms with Crippen molar-refractivity contribution in [2.45, 2.75) is 32.0 Å². The van der Waals surface area contributed by atoms with E-state index >= 15 is 0 Å². The van der Waals surface area contributed by atoms with Crippen molar-refractivity contribution in [3.05, 3.63) is 0 Å². The molecule has 0 aromatic rings. The van der Waals surface area contributed by atoms with Crippen LogP contribution in [0.2, 0.25) is 0 Å². The van der Waals surface area contributed by atoms with Crippen LogP contribution in [0.4, 0.5) is 13.2 Å². The van der Waals surface area contributed by atoms with Crippen LogP contribution in [0.3, 0.4) is 0 Å². The summed E-state index contributed by atoms with van der Waals surface area (Å²) in [5.41, 5.74) is 0. The molecular formula is C13H23F3N2O. The van der Waals surface area contributed by atoms with Gasteiger partial charge in [0.25, 0.3) is 0 Å². The molecule has 19 heavy (non-hydrogen) atoms. The van der Waals surface area contributed by atoms with Gasteiger partial charge >= 0.3 is 6.18 Å². The molecule has 0 aliphatic carbocycles. The van der Waals surface area contributed by atoms with Gasteiger partial charge in [-0.05, 0) is 44.7 Å². The molecule has 0 bridgehead atoms. The summed E-state index contributed by atoms with van der Waals surface area (Å²) in [5, 5.41) is 3.46. The third-order valence-electron chi connectivity index (χ3n) is 4.17. The molecular weight excluding hydrogens is 257 g/mol. The van der Waals surface area contributed by atoms with Crippen molar-refractivity contribution in [2.75, 3.05) is 39.4 Å². The van der Waals surface area contributed by atoms with E-state index in [1.165, 1.54) is 4.90 Å². The third kappa shape index (κ3) is 4.93. The Morgan fingerprint density at radius 2 is 2.16 bits per heavy atom. The predicted octanol–water partition coefficient (Wildman–Crippen LogP) is 1.89. The van der Waals surface area contributed by atoms with Gasteiger partial charge in [0, 0.05) is 19.2 Å². The summed E-state index contributed by atoms with van der Waals surface area (Å²) in [7, 11) is 0. The zero-order chi connectivity index (χ0) is 13.9. The molecule has 2 heterocycles. The molecule has 0 spiro atoms. The van der Waals surface area contributed by atoms with E-state index in [4.69, 9.17) is 4.74 Å². The first kappa shape index (κ1) is 15.1. The van der Waals surface area contributed by atoms with Gasteiger partial charge in [0.05, 0.1) is 13.2 Å². The van der Waals surface area contributed by atoms with Crippen molar-refractivity contribution >= 4 is 0 Å². The Hall–Kier alpha value is -0.330. The second-order valence-corrected chi connectivity index (χ2v) is 5.83. The number of rotatable bonds is 5. The van der Waals surface area contributed by atoms with E-state index < -0.39 is 12.7 Å². The Morgan fingerprint density at radius 3 is 2.79 bits per heavy atom. The number of hydrogen-bond donors (Lipinski definition) is 1. The van der Waals surface area contributed by atoms with Gasteiger partial charge in [-0.25, -0.2) is 0 Å². The number of nitrogens with zero attached hydrogens (tertiary/aromatic N) is 1. The van der Waals surface area contributed by atoms with Crippen molar-refractivity contribution in [3.8, 4) is 0 Å². The fraction of sp³-hybridized carbons (Fsp3) is 1.00. The lowest BCUT2D eigenvalue weighted by Crippen LogP contribution is -2.38. The highest BCUT2D eigenvalue weighted by molar-refractivity contribution is 4.82. The molecule has 2 fully saturated rings. The molecule has 0 amide bonds. The lowest BCUT2D eigenvalue weighted by molar-refractivity contribution is -0.143. The van der Waals surface area contributed by atoms with Crippen LogP contribution in [-0.4, -0.2) is 56.5 Å². The maximum absolute atomic E-state index is 12.3. The highest BCUT2D eigenvalue weighted by Gasteiger charge is 2.34. The Morgan fingerprint density at radius 1 is 1.37 bits per heavy atom. The van der Waals surface area contributed by atoms with Crippen molar-refractivity contribution < 1.29 is 17.9 Å². The van der Waals surface area contributed by atoms with Crippen molar-refractivity contribution in [3.63, 3.8) is 0 Å². The van der Waals surface area contributed by atoms with Crippen LogP contribution >= 0.6 is 0 Å². The summed E-state index contributed by atoms with van der Waals surface area (Å²) in [6.45, 7) is 4.94. The monoisotopic (exact) mass is 280 g/mol. The van der Waals surface area contributed by atoms with Crippen molar-refractivity contribution in [1.29, 1.82) is 0 Å². The van der Waals surface area contributed by atoms with Gasteiger partial charge in [-0.3, -0.25) is 4.90 Å². The fourth-order valence-electron chi connectivity index (χ4n) is 2.94. The molecule has 2 aliphatic heterocycles. The van der Waals surface area contributed by atoms with Gasteiger partial charge in [-0.2, -0.15) is 13.2 Å². The average molecular weight is 280 g/mol. The van der Waals surface area contributed by atoms with Gasteiger partial charge in [-0.15, -0.1) is 0 Å². The lowest BCUT2D eigenvalue weighted by Gasteiger charge is -2.22. The largest absolute Gasteiger partial charge is 0.401 e. The summed E-state index contributed by atoms with van der Waals surface area (Å²) in [6.07, 6.45) is -2.13. The minimum absolute atomic E-state index is 0.340. The Labute approximate surface area is 112 Å². The predicted molar refractivity (Wildman–Crippen MR) is 67.0 cm³/mol. The van der Waals surface area contributed by atoms with Crippen molar-refractivity contribution in [1.82, 2.24) is 10.2 Å². The molecule has 2 rings (SSSR count). The maximum atomic E-state index is 12.3. The molecule has 0 aromatic heterocycles. The van der Waals surface area contributed by atoms with Crippen molar-refractivity contribution in [2.24, 2.45) is 11.8 Å². The first-order valence-corrected chi connectivity index (χ1v) is 7.04. The quantitative estimate of drug-likeness (QED) is 0.832. The van der Waals surface area contributed by atoms with E-state index in [1.807, 2.05) is 0 Å². The maximum Gasteiger partial charge on any atom is 0.401 e. The molecule has 0 radical (unpaired) electrons. The molecule has 2 saturated heterocycles. The highest BCUT2D eigenvalue weighted by atomic mass is 19.4. The Balaban J connectivity index is 1.64. The molecule has 3 atom stereocenters. The van der Waals surface area contributed by atoms with Gasteiger partial charge in [0.15, 0.2) is 0 Å². The molecule has 2 aliphatic rings. The number of ether oxygens (including phenoxy) is 1. The van der Waals surface area contributed by atoms with Crippen LogP contribution in [0.1, 0.15) is 19.8 Å². The second-order valence-electron chi connectivity index (χ2n) is 5.83.